The summed E-state index contributed by atoms with van der Waals surface area (Å²) in [6.07, 6.45) is 6.82. The van der Waals surface area contributed by atoms with Crippen molar-refractivity contribution < 1.29 is 9.53 Å². The van der Waals surface area contributed by atoms with Gasteiger partial charge < -0.3 is 19.9 Å². The number of likely N-dealkylation sites (tertiary alicyclic amines) is 1. The van der Waals surface area contributed by atoms with E-state index in [1.165, 1.54) is 19.3 Å². The zero-order chi connectivity index (χ0) is 21.9. The first-order chi connectivity index (χ1) is 15.2. The highest BCUT2D eigenvalue weighted by Crippen LogP contribution is 2.18. The molecule has 8 heteroatoms. The second kappa shape index (κ2) is 12.0. The van der Waals surface area contributed by atoms with Gasteiger partial charge in [-0.1, -0.05) is 12.5 Å². The lowest BCUT2D eigenvalue weighted by molar-refractivity contribution is -0.121. The summed E-state index contributed by atoms with van der Waals surface area (Å²) in [5.41, 5.74) is 0.680. The molecule has 1 aromatic carbocycles. The van der Waals surface area contributed by atoms with Crippen LogP contribution in [-0.2, 0) is 11.2 Å². The molecular formula is C23H31N5O3. The van der Waals surface area contributed by atoms with Gasteiger partial charge in [0, 0.05) is 31.5 Å². The van der Waals surface area contributed by atoms with Gasteiger partial charge in [0.15, 0.2) is 5.82 Å². The van der Waals surface area contributed by atoms with Crippen LogP contribution in [0, 0.1) is 0 Å². The zero-order valence-electron chi connectivity index (χ0n) is 17.9. The Balaban J connectivity index is 1.46. The van der Waals surface area contributed by atoms with Gasteiger partial charge in [0.25, 0.3) is 5.56 Å². The van der Waals surface area contributed by atoms with Crippen molar-refractivity contribution in [3.8, 4) is 17.1 Å². The maximum absolute atomic E-state index is 12.4. The van der Waals surface area contributed by atoms with E-state index < -0.39 is 0 Å². The maximum Gasteiger partial charge on any atom is 0.273 e. The molecule has 166 valence electrons. The van der Waals surface area contributed by atoms with Crippen LogP contribution in [0.1, 0.15) is 37.8 Å². The Bertz CT molecular complexity index is 904. The van der Waals surface area contributed by atoms with Crippen LogP contribution in [0.3, 0.4) is 0 Å². The van der Waals surface area contributed by atoms with Crippen LogP contribution in [0.15, 0.2) is 41.7 Å². The Labute approximate surface area is 182 Å². The third-order valence-corrected chi connectivity index (χ3v) is 5.27. The number of aryl methyl sites for hydroxylation is 1. The van der Waals surface area contributed by atoms with Gasteiger partial charge in [-0.05, 0) is 56.6 Å². The fourth-order valence-electron chi connectivity index (χ4n) is 3.48. The van der Waals surface area contributed by atoms with Crippen LogP contribution in [0.25, 0.3) is 11.4 Å². The molecule has 2 N–H and O–H groups in total. The number of carbonyl (C=O) groups excluding carboxylic acids is 1. The molecule has 1 amide bonds. The Kier molecular flexibility index (Phi) is 8.78. The molecule has 0 aliphatic carbocycles. The summed E-state index contributed by atoms with van der Waals surface area (Å²) in [6.45, 7) is 7.96. The molecule has 0 unspecified atom stereocenters. The third kappa shape index (κ3) is 7.32. The lowest BCUT2D eigenvalue weighted by Crippen LogP contribution is -2.37. The molecule has 2 heterocycles. The number of hydrogen-bond acceptors (Lipinski definition) is 6. The number of carbonyl (C=O) groups is 1. The summed E-state index contributed by atoms with van der Waals surface area (Å²) in [6, 6.07) is 7.28. The van der Waals surface area contributed by atoms with E-state index in [9.17, 15) is 9.59 Å². The molecule has 3 rings (SSSR count). The molecule has 0 saturated carbocycles. The van der Waals surface area contributed by atoms with Crippen molar-refractivity contribution in [2.45, 2.75) is 38.5 Å². The Morgan fingerprint density at radius 2 is 1.97 bits per heavy atom. The Morgan fingerprint density at radius 1 is 1.19 bits per heavy atom. The van der Waals surface area contributed by atoms with Crippen molar-refractivity contribution in [3.63, 3.8) is 0 Å². The topological polar surface area (TPSA) is 100 Å². The summed E-state index contributed by atoms with van der Waals surface area (Å²) < 4.78 is 5.58. The lowest BCUT2D eigenvalue weighted by atomic mass is 10.1. The van der Waals surface area contributed by atoms with E-state index in [0.717, 1.165) is 37.4 Å². The molecule has 2 aromatic rings. The smallest absolute Gasteiger partial charge is 0.273 e. The Morgan fingerprint density at radius 3 is 2.68 bits per heavy atom. The molecule has 1 aromatic heterocycles. The highest BCUT2D eigenvalue weighted by Gasteiger charge is 2.12. The molecule has 0 atom stereocenters. The number of rotatable bonds is 11. The number of ether oxygens (including phenoxy) is 1. The lowest BCUT2D eigenvalue weighted by Gasteiger charge is -2.26. The zero-order valence-corrected chi connectivity index (χ0v) is 17.9. The van der Waals surface area contributed by atoms with Crippen molar-refractivity contribution in [1.29, 1.82) is 0 Å². The summed E-state index contributed by atoms with van der Waals surface area (Å²) in [5.74, 6) is 1.05. The van der Waals surface area contributed by atoms with Crippen molar-refractivity contribution in [1.82, 2.24) is 25.4 Å². The van der Waals surface area contributed by atoms with Crippen LogP contribution in [0.5, 0.6) is 5.75 Å². The molecule has 0 spiro atoms. The predicted octanol–water partition coefficient (Wildman–Crippen LogP) is 2.32. The SMILES string of the molecule is C=CCCOc1ccc(-c2nnc(CCC(=O)NCCN3CCCCC3)c(=O)[nH]2)cc1. The van der Waals surface area contributed by atoms with E-state index >= 15 is 0 Å². The van der Waals surface area contributed by atoms with Crippen molar-refractivity contribution in [2.24, 2.45) is 0 Å². The highest BCUT2D eigenvalue weighted by molar-refractivity contribution is 5.76. The fourth-order valence-corrected chi connectivity index (χ4v) is 3.48. The molecule has 1 saturated heterocycles. The minimum atomic E-state index is -0.322. The first-order valence-electron chi connectivity index (χ1n) is 10.9. The molecule has 1 aliphatic rings. The normalized spacial score (nSPS) is 14.2. The largest absolute Gasteiger partial charge is 0.493 e. The predicted molar refractivity (Wildman–Crippen MR) is 120 cm³/mol. The molecular weight excluding hydrogens is 394 g/mol. The molecule has 0 radical (unpaired) electrons. The molecule has 31 heavy (non-hydrogen) atoms. The summed E-state index contributed by atoms with van der Waals surface area (Å²) >= 11 is 0. The number of nitrogens with zero attached hydrogens (tertiary/aromatic N) is 3. The fraction of sp³-hybridized carbons (Fsp3) is 0.478. The second-order valence-corrected chi connectivity index (χ2v) is 7.65. The van der Waals surface area contributed by atoms with Gasteiger partial charge in [0.05, 0.1) is 6.61 Å². The second-order valence-electron chi connectivity index (χ2n) is 7.65. The van der Waals surface area contributed by atoms with E-state index in [1.807, 2.05) is 24.3 Å². The highest BCUT2D eigenvalue weighted by atomic mass is 16.5. The van der Waals surface area contributed by atoms with E-state index in [2.05, 4.69) is 32.0 Å². The number of amides is 1. The van der Waals surface area contributed by atoms with Gasteiger partial charge in [-0.2, -0.15) is 0 Å². The van der Waals surface area contributed by atoms with Gasteiger partial charge in [-0.25, -0.2) is 0 Å². The third-order valence-electron chi connectivity index (χ3n) is 5.27. The van der Waals surface area contributed by atoms with Crippen molar-refractivity contribution >= 4 is 5.91 Å². The number of piperidine rings is 1. The van der Waals surface area contributed by atoms with Crippen LogP contribution in [0.4, 0.5) is 0 Å². The van der Waals surface area contributed by atoms with Crippen molar-refractivity contribution in [3.05, 3.63) is 53.0 Å². The summed E-state index contributed by atoms with van der Waals surface area (Å²) in [5, 5.41) is 11.1. The average Bonchev–Trinajstić information content (AvgIpc) is 2.79. The standard InChI is InChI=1S/C23H31N5O3/c1-2-3-17-31-19-9-7-18(8-10-19)22-25-23(30)20(26-27-22)11-12-21(29)24-13-16-28-14-5-4-6-15-28/h2,7-10H,1,3-6,11-17H2,(H,24,29)(H,25,27,30). The quantitative estimate of drug-likeness (QED) is 0.423. The van der Waals surface area contributed by atoms with E-state index in [1.54, 1.807) is 6.08 Å². The van der Waals surface area contributed by atoms with Crippen LogP contribution in [-0.4, -0.2) is 58.8 Å². The summed E-state index contributed by atoms with van der Waals surface area (Å²) in [7, 11) is 0. The van der Waals surface area contributed by atoms with Gasteiger partial charge in [-0.15, -0.1) is 16.8 Å². The van der Waals surface area contributed by atoms with Crippen molar-refractivity contribution in [2.75, 3.05) is 32.8 Å². The number of H-pyrrole nitrogens is 1. The monoisotopic (exact) mass is 425 g/mol. The molecule has 8 nitrogen and oxygen atoms in total. The first kappa shape index (κ1) is 22.7. The van der Waals surface area contributed by atoms with Gasteiger partial charge in [-0.3, -0.25) is 9.59 Å². The number of aromatic amines is 1. The van der Waals surface area contributed by atoms with Crippen LogP contribution in [0.2, 0.25) is 0 Å². The first-order valence-corrected chi connectivity index (χ1v) is 10.9. The van der Waals surface area contributed by atoms with Gasteiger partial charge >= 0.3 is 0 Å². The molecule has 1 aliphatic heterocycles. The minimum absolute atomic E-state index is 0.0747. The molecule has 0 bridgehead atoms. The number of benzene rings is 1. The number of nitrogens with one attached hydrogen (secondary N) is 2. The van der Waals surface area contributed by atoms with Gasteiger partial charge in [0.1, 0.15) is 11.4 Å². The number of aromatic nitrogens is 3. The molecule has 1 fully saturated rings. The maximum atomic E-state index is 12.4. The van der Waals surface area contributed by atoms with Crippen LogP contribution < -0.4 is 15.6 Å². The van der Waals surface area contributed by atoms with Gasteiger partial charge in [0.2, 0.25) is 5.91 Å². The minimum Gasteiger partial charge on any atom is -0.493 e. The average molecular weight is 426 g/mol. The summed E-state index contributed by atoms with van der Waals surface area (Å²) in [4.78, 5) is 29.6. The number of hydrogen-bond donors (Lipinski definition) is 2. The Hall–Kier alpha value is -3.00. The van der Waals surface area contributed by atoms with E-state index in [-0.39, 0.29) is 30.0 Å². The van der Waals surface area contributed by atoms with E-state index in [4.69, 9.17) is 4.74 Å². The van der Waals surface area contributed by atoms with E-state index in [0.29, 0.717) is 19.0 Å². The van der Waals surface area contributed by atoms with Crippen LogP contribution >= 0.6 is 0 Å².